The summed E-state index contributed by atoms with van der Waals surface area (Å²) < 4.78 is 0. The molecule has 0 bridgehead atoms. The van der Waals surface area contributed by atoms with Crippen LogP contribution in [0.2, 0.25) is 0 Å². The second kappa shape index (κ2) is 5.37. The first kappa shape index (κ1) is 12.2. The molecule has 2 aromatic heterocycles. The molecule has 5 heteroatoms. The van der Waals surface area contributed by atoms with Crippen molar-refractivity contribution in [2.75, 3.05) is 5.32 Å². The first-order valence-electron chi connectivity index (χ1n) is 5.58. The van der Waals surface area contributed by atoms with Crippen LogP contribution in [0, 0.1) is 6.92 Å². The number of rotatable bonds is 3. The normalized spacial score (nSPS) is 10.1. The van der Waals surface area contributed by atoms with Crippen molar-refractivity contribution in [1.82, 2.24) is 9.97 Å². The zero-order valence-corrected chi connectivity index (χ0v) is 10.1. The maximum atomic E-state index is 11.9. The lowest BCUT2D eigenvalue weighted by Gasteiger charge is -2.05. The van der Waals surface area contributed by atoms with E-state index in [1.165, 1.54) is 0 Å². The zero-order chi connectivity index (χ0) is 13.0. The van der Waals surface area contributed by atoms with Gasteiger partial charge in [0.05, 0.1) is 0 Å². The van der Waals surface area contributed by atoms with E-state index in [0.717, 1.165) is 11.3 Å². The van der Waals surface area contributed by atoms with Crippen molar-refractivity contribution >= 4 is 11.7 Å². The fourth-order valence-corrected chi connectivity index (χ4v) is 1.49. The Bertz CT molecular complexity index is 551. The second-order valence-electron chi connectivity index (χ2n) is 3.90. The van der Waals surface area contributed by atoms with Crippen LogP contribution in [-0.2, 0) is 6.54 Å². The van der Waals surface area contributed by atoms with E-state index in [9.17, 15) is 4.79 Å². The van der Waals surface area contributed by atoms with Gasteiger partial charge in [-0.3, -0.25) is 9.78 Å². The molecule has 0 saturated heterocycles. The predicted octanol–water partition coefficient (Wildman–Crippen LogP) is 1.50. The maximum absolute atomic E-state index is 11.9. The first-order chi connectivity index (χ1) is 8.69. The van der Waals surface area contributed by atoms with Crippen LogP contribution in [0.15, 0.2) is 36.7 Å². The van der Waals surface area contributed by atoms with Gasteiger partial charge in [0.15, 0.2) is 0 Å². The smallest absolute Gasteiger partial charge is 0.256 e. The van der Waals surface area contributed by atoms with Gasteiger partial charge in [-0.25, -0.2) is 4.98 Å². The molecular formula is C13H14N4O. The van der Waals surface area contributed by atoms with E-state index in [4.69, 9.17) is 5.73 Å². The van der Waals surface area contributed by atoms with Crippen LogP contribution in [0.3, 0.4) is 0 Å². The number of aromatic nitrogens is 2. The number of nitrogens with two attached hydrogens (primary N) is 1. The van der Waals surface area contributed by atoms with Crippen LogP contribution in [0.25, 0.3) is 0 Å². The van der Waals surface area contributed by atoms with Crippen molar-refractivity contribution in [3.63, 3.8) is 0 Å². The molecule has 0 aliphatic carbocycles. The second-order valence-corrected chi connectivity index (χ2v) is 3.90. The molecule has 0 aliphatic heterocycles. The Labute approximate surface area is 105 Å². The Balaban J connectivity index is 2.11. The summed E-state index contributed by atoms with van der Waals surface area (Å²) in [6.45, 7) is 2.27. The number of hydrogen-bond donors (Lipinski definition) is 2. The number of carbonyl (C=O) groups excluding carboxylic acids is 1. The summed E-state index contributed by atoms with van der Waals surface area (Å²) in [5.41, 5.74) is 7.76. The minimum atomic E-state index is -0.200. The predicted molar refractivity (Wildman–Crippen MR) is 69.1 cm³/mol. The summed E-state index contributed by atoms with van der Waals surface area (Å²) in [5, 5.41) is 2.72. The van der Waals surface area contributed by atoms with Gasteiger partial charge in [-0.05, 0) is 30.7 Å². The van der Waals surface area contributed by atoms with E-state index in [1.54, 1.807) is 30.6 Å². The highest BCUT2D eigenvalue weighted by atomic mass is 16.1. The third kappa shape index (κ3) is 2.89. The molecule has 5 nitrogen and oxygen atoms in total. The highest BCUT2D eigenvalue weighted by molar-refractivity contribution is 6.03. The fraction of sp³-hybridized carbons (Fsp3) is 0.154. The molecule has 18 heavy (non-hydrogen) atoms. The summed E-state index contributed by atoms with van der Waals surface area (Å²) in [7, 11) is 0. The summed E-state index contributed by atoms with van der Waals surface area (Å²) in [4.78, 5) is 20.1. The first-order valence-corrected chi connectivity index (χ1v) is 5.58. The van der Waals surface area contributed by atoms with Gasteiger partial charge in [0.1, 0.15) is 5.82 Å². The Morgan fingerprint density at radius 1 is 1.33 bits per heavy atom. The Morgan fingerprint density at radius 3 is 2.78 bits per heavy atom. The van der Waals surface area contributed by atoms with Crippen LogP contribution in [-0.4, -0.2) is 15.9 Å². The summed E-state index contributed by atoms with van der Waals surface area (Å²) in [6.07, 6.45) is 3.25. The number of nitrogens with zero attached hydrogens (tertiary/aromatic N) is 2. The molecule has 0 atom stereocenters. The molecule has 1 amide bonds. The number of anilines is 1. The average molecular weight is 242 g/mol. The molecule has 0 unspecified atom stereocenters. The fourth-order valence-electron chi connectivity index (χ4n) is 1.49. The molecule has 0 radical (unpaired) electrons. The van der Waals surface area contributed by atoms with Gasteiger partial charge in [-0.1, -0.05) is 6.07 Å². The van der Waals surface area contributed by atoms with Crippen molar-refractivity contribution in [1.29, 1.82) is 0 Å². The van der Waals surface area contributed by atoms with Crippen molar-refractivity contribution in [3.8, 4) is 0 Å². The molecule has 0 aliphatic rings. The van der Waals surface area contributed by atoms with E-state index < -0.39 is 0 Å². The number of amides is 1. The van der Waals surface area contributed by atoms with Gasteiger partial charge in [0, 0.05) is 30.2 Å². The molecule has 0 aromatic carbocycles. The molecule has 2 heterocycles. The van der Waals surface area contributed by atoms with Crippen LogP contribution >= 0.6 is 0 Å². The molecule has 0 spiro atoms. The third-order valence-electron chi connectivity index (χ3n) is 2.46. The number of aryl methyl sites for hydroxylation is 1. The quantitative estimate of drug-likeness (QED) is 0.854. The van der Waals surface area contributed by atoms with E-state index >= 15 is 0 Å². The lowest BCUT2D eigenvalue weighted by molar-refractivity contribution is 0.102. The Kier molecular flexibility index (Phi) is 3.64. The van der Waals surface area contributed by atoms with Crippen molar-refractivity contribution < 1.29 is 4.79 Å². The molecule has 2 aromatic rings. The highest BCUT2D eigenvalue weighted by Gasteiger charge is 2.06. The average Bonchev–Trinajstić information content (AvgIpc) is 2.39. The van der Waals surface area contributed by atoms with E-state index in [-0.39, 0.29) is 5.91 Å². The molecule has 0 saturated carbocycles. The van der Waals surface area contributed by atoms with Crippen molar-refractivity contribution in [3.05, 3.63) is 53.5 Å². The zero-order valence-electron chi connectivity index (χ0n) is 10.1. The maximum Gasteiger partial charge on any atom is 0.256 e. The monoisotopic (exact) mass is 242 g/mol. The van der Waals surface area contributed by atoms with Gasteiger partial charge in [-0.15, -0.1) is 0 Å². The third-order valence-corrected chi connectivity index (χ3v) is 2.46. The highest BCUT2D eigenvalue weighted by Crippen LogP contribution is 2.08. The summed E-state index contributed by atoms with van der Waals surface area (Å²) >= 11 is 0. The number of pyridine rings is 2. The topological polar surface area (TPSA) is 80.9 Å². The largest absolute Gasteiger partial charge is 0.326 e. The molecule has 0 fully saturated rings. The van der Waals surface area contributed by atoms with Crippen molar-refractivity contribution in [2.45, 2.75) is 13.5 Å². The Hall–Kier alpha value is -2.27. The SMILES string of the molecule is Cc1cc(C(=O)Nc2ccc(CN)cn2)ccn1. The molecular weight excluding hydrogens is 228 g/mol. The number of carbonyl (C=O) groups is 1. The Morgan fingerprint density at radius 2 is 2.17 bits per heavy atom. The van der Waals surface area contributed by atoms with E-state index in [0.29, 0.717) is 17.9 Å². The van der Waals surface area contributed by atoms with Gasteiger partial charge in [-0.2, -0.15) is 0 Å². The summed E-state index contributed by atoms with van der Waals surface area (Å²) in [5.74, 6) is 0.306. The van der Waals surface area contributed by atoms with Gasteiger partial charge in [0.25, 0.3) is 5.91 Å². The van der Waals surface area contributed by atoms with E-state index in [1.807, 2.05) is 13.0 Å². The van der Waals surface area contributed by atoms with Gasteiger partial charge in [0.2, 0.25) is 0 Å². The molecule has 3 N–H and O–H groups in total. The van der Waals surface area contributed by atoms with Crippen LogP contribution < -0.4 is 11.1 Å². The lowest BCUT2D eigenvalue weighted by atomic mass is 10.2. The van der Waals surface area contributed by atoms with Crippen LogP contribution in [0.1, 0.15) is 21.6 Å². The summed E-state index contributed by atoms with van der Waals surface area (Å²) in [6, 6.07) is 6.95. The van der Waals surface area contributed by atoms with Gasteiger partial charge >= 0.3 is 0 Å². The van der Waals surface area contributed by atoms with Gasteiger partial charge < -0.3 is 11.1 Å². The minimum Gasteiger partial charge on any atom is -0.326 e. The number of nitrogens with one attached hydrogen (secondary N) is 1. The van der Waals surface area contributed by atoms with E-state index in [2.05, 4.69) is 15.3 Å². The van der Waals surface area contributed by atoms with Crippen LogP contribution in [0.4, 0.5) is 5.82 Å². The number of hydrogen-bond acceptors (Lipinski definition) is 4. The molecule has 92 valence electrons. The standard InChI is InChI=1S/C13H14N4O/c1-9-6-11(4-5-15-9)13(18)17-12-3-2-10(7-14)8-16-12/h2-6,8H,7,14H2,1H3,(H,16,17,18). The lowest BCUT2D eigenvalue weighted by Crippen LogP contribution is -2.13. The van der Waals surface area contributed by atoms with Crippen molar-refractivity contribution in [2.24, 2.45) is 5.73 Å². The minimum absolute atomic E-state index is 0.200. The molecule has 2 rings (SSSR count). The van der Waals surface area contributed by atoms with Crippen LogP contribution in [0.5, 0.6) is 0 Å².